The van der Waals surface area contributed by atoms with Gasteiger partial charge in [-0.15, -0.1) is 0 Å². The molecular formula is C22H27N3O4S. The lowest BCUT2D eigenvalue weighted by Crippen LogP contribution is -2.33. The second-order valence-corrected chi connectivity index (χ2v) is 9.21. The Labute approximate surface area is 177 Å². The minimum Gasteiger partial charge on any atom is -0.326 e. The van der Waals surface area contributed by atoms with Gasteiger partial charge >= 0.3 is 0 Å². The Bertz CT molecular complexity index is 1070. The van der Waals surface area contributed by atoms with Crippen LogP contribution in [0.25, 0.3) is 0 Å². The van der Waals surface area contributed by atoms with Crippen LogP contribution < -0.4 is 14.9 Å². The Morgan fingerprint density at radius 3 is 2.60 bits per heavy atom. The lowest BCUT2D eigenvalue weighted by atomic mass is 10.1. The van der Waals surface area contributed by atoms with Crippen molar-refractivity contribution >= 4 is 33.2 Å². The van der Waals surface area contributed by atoms with Crippen molar-refractivity contribution in [2.45, 2.75) is 51.0 Å². The maximum atomic E-state index is 12.6. The molecule has 0 saturated heterocycles. The van der Waals surface area contributed by atoms with E-state index in [0.717, 1.165) is 28.9 Å². The molecule has 2 aromatic rings. The fourth-order valence-electron chi connectivity index (χ4n) is 3.80. The number of anilines is 2. The highest BCUT2D eigenvalue weighted by Crippen LogP contribution is 2.33. The predicted octanol–water partition coefficient (Wildman–Crippen LogP) is 2.85. The van der Waals surface area contributed by atoms with Crippen LogP contribution in [0, 0.1) is 0 Å². The molecule has 0 aliphatic carbocycles. The van der Waals surface area contributed by atoms with Crippen molar-refractivity contribution in [2.75, 3.05) is 16.8 Å². The number of carbonyl (C=O) groups is 2. The van der Waals surface area contributed by atoms with Gasteiger partial charge in [0.25, 0.3) is 0 Å². The summed E-state index contributed by atoms with van der Waals surface area (Å²) in [5.74, 6) is -0.316. The number of nitrogens with one attached hydrogen (secondary N) is 2. The van der Waals surface area contributed by atoms with Crippen LogP contribution in [0.3, 0.4) is 0 Å². The summed E-state index contributed by atoms with van der Waals surface area (Å²) in [6.45, 7) is 5.44. The molecule has 2 amide bonds. The van der Waals surface area contributed by atoms with Crippen LogP contribution in [0.15, 0.2) is 47.4 Å². The van der Waals surface area contributed by atoms with Gasteiger partial charge in [0.05, 0.1) is 4.90 Å². The van der Waals surface area contributed by atoms with Crippen molar-refractivity contribution in [3.8, 4) is 0 Å². The highest BCUT2D eigenvalue weighted by atomic mass is 32.2. The van der Waals surface area contributed by atoms with E-state index in [9.17, 15) is 18.0 Å². The summed E-state index contributed by atoms with van der Waals surface area (Å²) in [6.07, 6.45) is 1.43. The maximum absolute atomic E-state index is 12.6. The molecule has 3 rings (SSSR count). The fraction of sp³-hybridized carbons (Fsp3) is 0.364. The number of aryl methyl sites for hydroxylation is 1. The van der Waals surface area contributed by atoms with Crippen LogP contribution in [-0.4, -0.2) is 32.8 Å². The first-order chi connectivity index (χ1) is 14.2. The molecule has 1 aliphatic rings. The quantitative estimate of drug-likeness (QED) is 0.707. The molecule has 0 unspecified atom stereocenters. The molecule has 0 bridgehead atoms. The molecule has 2 N–H and O–H groups in total. The van der Waals surface area contributed by atoms with E-state index in [1.54, 1.807) is 17.0 Å². The lowest BCUT2D eigenvalue weighted by Gasteiger charge is -2.20. The number of para-hydroxylation sites is 1. The monoisotopic (exact) mass is 429 g/mol. The second-order valence-electron chi connectivity index (χ2n) is 7.44. The molecular weight excluding hydrogens is 402 g/mol. The maximum Gasteiger partial charge on any atom is 0.240 e. The molecule has 0 fully saturated rings. The predicted molar refractivity (Wildman–Crippen MR) is 117 cm³/mol. The Balaban J connectivity index is 1.62. The molecule has 0 aromatic heterocycles. The molecule has 2 aromatic carbocycles. The SMILES string of the molecule is CCc1ccccc1NC(=O)CCNS(=O)(=O)c1ccc2c(c1)C[C@@H](C)N2C(C)=O. The summed E-state index contributed by atoms with van der Waals surface area (Å²) in [4.78, 5) is 25.9. The first-order valence-corrected chi connectivity index (χ1v) is 11.5. The first-order valence-electron chi connectivity index (χ1n) is 10.0. The van der Waals surface area contributed by atoms with Gasteiger partial charge in [-0.2, -0.15) is 0 Å². The van der Waals surface area contributed by atoms with E-state index in [1.165, 1.54) is 13.0 Å². The topological polar surface area (TPSA) is 95.6 Å². The first kappa shape index (κ1) is 22.0. The molecule has 30 heavy (non-hydrogen) atoms. The molecule has 0 spiro atoms. The molecule has 1 atom stereocenters. The third-order valence-corrected chi connectivity index (χ3v) is 6.69. The van der Waals surface area contributed by atoms with Gasteiger partial charge < -0.3 is 10.2 Å². The average molecular weight is 430 g/mol. The number of sulfonamides is 1. The highest BCUT2D eigenvalue weighted by molar-refractivity contribution is 7.89. The van der Waals surface area contributed by atoms with E-state index in [-0.39, 0.29) is 35.7 Å². The van der Waals surface area contributed by atoms with Gasteiger partial charge in [-0.05, 0) is 55.2 Å². The van der Waals surface area contributed by atoms with Crippen molar-refractivity contribution in [1.29, 1.82) is 0 Å². The van der Waals surface area contributed by atoms with Crippen molar-refractivity contribution < 1.29 is 18.0 Å². The molecule has 8 heteroatoms. The van der Waals surface area contributed by atoms with Gasteiger partial charge in [-0.25, -0.2) is 13.1 Å². The van der Waals surface area contributed by atoms with Gasteiger partial charge in [0.2, 0.25) is 21.8 Å². The number of rotatable bonds is 7. The summed E-state index contributed by atoms with van der Waals surface area (Å²) >= 11 is 0. The van der Waals surface area contributed by atoms with Gasteiger partial charge in [-0.3, -0.25) is 9.59 Å². The van der Waals surface area contributed by atoms with Crippen LogP contribution in [-0.2, 0) is 32.5 Å². The third kappa shape index (κ3) is 4.71. The summed E-state index contributed by atoms with van der Waals surface area (Å²) in [5, 5.41) is 2.83. The Hall–Kier alpha value is -2.71. The van der Waals surface area contributed by atoms with E-state index in [4.69, 9.17) is 0 Å². The second kappa shape index (κ2) is 8.97. The van der Waals surface area contributed by atoms with Crippen molar-refractivity contribution in [3.05, 3.63) is 53.6 Å². The van der Waals surface area contributed by atoms with Crippen molar-refractivity contribution in [3.63, 3.8) is 0 Å². The molecule has 160 valence electrons. The number of fused-ring (bicyclic) bond motifs is 1. The fourth-order valence-corrected chi connectivity index (χ4v) is 4.88. The molecule has 7 nitrogen and oxygen atoms in total. The largest absolute Gasteiger partial charge is 0.326 e. The Morgan fingerprint density at radius 2 is 1.90 bits per heavy atom. The summed E-state index contributed by atoms with van der Waals surface area (Å²) in [5.41, 5.74) is 3.35. The Morgan fingerprint density at radius 1 is 1.17 bits per heavy atom. The number of nitrogens with zero attached hydrogens (tertiary/aromatic N) is 1. The summed E-state index contributed by atoms with van der Waals surface area (Å²) < 4.78 is 27.8. The number of benzene rings is 2. The van der Waals surface area contributed by atoms with Gasteiger partial charge in [0.15, 0.2) is 0 Å². The summed E-state index contributed by atoms with van der Waals surface area (Å²) in [7, 11) is -3.75. The van der Waals surface area contributed by atoms with E-state index in [1.807, 2.05) is 38.1 Å². The van der Waals surface area contributed by atoms with Crippen molar-refractivity contribution in [1.82, 2.24) is 4.72 Å². The zero-order chi connectivity index (χ0) is 21.9. The Kier molecular flexibility index (Phi) is 6.58. The van der Waals surface area contributed by atoms with Crippen LogP contribution in [0.4, 0.5) is 11.4 Å². The third-order valence-electron chi connectivity index (χ3n) is 5.23. The van der Waals surface area contributed by atoms with E-state index in [0.29, 0.717) is 6.42 Å². The van der Waals surface area contributed by atoms with E-state index < -0.39 is 10.0 Å². The van der Waals surface area contributed by atoms with E-state index in [2.05, 4.69) is 10.0 Å². The van der Waals surface area contributed by atoms with Crippen LogP contribution >= 0.6 is 0 Å². The molecule has 0 radical (unpaired) electrons. The normalized spacial score (nSPS) is 15.7. The van der Waals surface area contributed by atoms with Gasteiger partial charge in [-0.1, -0.05) is 25.1 Å². The summed E-state index contributed by atoms with van der Waals surface area (Å²) in [6, 6.07) is 12.3. The van der Waals surface area contributed by atoms with E-state index >= 15 is 0 Å². The number of hydrogen-bond donors (Lipinski definition) is 2. The molecule has 1 aliphatic heterocycles. The number of amides is 2. The molecule has 0 saturated carbocycles. The molecule has 1 heterocycles. The zero-order valence-electron chi connectivity index (χ0n) is 17.4. The average Bonchev–Trinajstić information content (AvgIpc) is 3.03. The van der Waals surface area contributed by atoms with Crippen LogP contribution in [0.5, 0.6) is 0 Å². The highest BCUT2D eigenvalue weighted by Gasteiger charge is 2.30. The minimum absolute atomic E-state index is 0.00175. The lowest BCUT2D eigenvalue weighted by molar-refractivity contribution is -0.117. The van der Waals surface area contributed by atoms with Crippen LogP contribution in [0.2, 0.25) is 0 Å². The van der Waals surface area contributed by atoms with Crippen molar-refractivity contribution in [2.24, 2.45) is 0 Å². The zero-order valence-corrected chi connectivity index (χ0v) is 18.3. The smallest absolute Gasteiger partial charge is 0.240 e. The van der Waals surface area contributed by atoms with Crippen LogP contribution in [0.1, 0.15) is 38.3 Å². The van der Waals surface area contributed by atoms with Gasteiger partial charge in [0.1, 0.15) is 0 Å². The number of hydrogen-bond acceptors (Lipinski definition) is 4. The standard InChI is InChI=1S/C22H27N3O4S/c1-4-17-7-5-6-8-20(17)24-22(27)11-12-23-30(28,29)19-9-10-21-18(14-19)13-15(2)25(21)16(3)26/h5-10,14-15,23H,4,11-13H2,1-3H3,(H,24,27)/t15-/m1/s1. The number of carbonyl (C=O) groups excluding carboxylic acids is 2. The minimum atomic E-state index is -3.75. The van der Waals surface area contributed by atoms with Gasteiger partial charge in [0, 0.05) is 37.3 Å².